The number of allylic oxidation sites excluding steroid dienone is 1. The first-order chi connectivity index (χ1) is 9.33. The average Bonchev–Trinajstić information content (AvgIpc) is 2.25. The molecule has 0 aromatic heterocycles. The molecule has 1 rings (SSSR count). The molecule has 0 bridgehead atoms. The lowest BCUT2D eigenvalue weighted by Crippen LogP contribution is -2.24. The number of hydrogen-bond acceptors (Lipinski definition) is 3. The molecule has 0 radical (unpaired) electrons. The third-order valence-electron chi connectivity index (χ3n) is 2.11. The fourth-order valence-electron chi connectivity index (χ4n) is 1.28. The molecule has 0 atom stereocenters. The van der Waals surface area contributed by atoms with E-state index in [1.807, 2.05) is 0 Å². The van der Waals surface area contributed by atoms with Crippen LogP contribution in [0.4, 0.5) is 26.3 Å². The predicted octanol–water partition coefficient (Wildman–Crippen LogP) is 3.93. The predicted molar refractivity (Wildman–Crippen MR) is 61.2 cm³/mol. The summed E-state index contributed by atoms with van der Waals surface area (Å²) >= 11 is 0. The van der Waals surface area contributed by atoms with Gasteiger partial charge in [-0.25, -0.2) is 0 Å². The Hall–Kier alpha value is -1.71. The maximum absolute atomic E-state index is 12.4. The number of rotatable bonds is 3. The van der Waals surface area contributed by atoms with Crippen LogP contribution in [0.1, 0.15) is 18.1 Å². The highest BCUT2D eigenvalue weighted by Gasteiger charge is 2.48. The first-order valence-electron chi connectivity index (χ1n) is 5.19. The van der Waals surface area contributed by atoms with Gasteiger partial charge in [0.25, 0.3) is 0 Å². The van der Waals surface area contributed by atoms with Crippen LogP contribution in [0, 0.1) is 0 Å². The van der Waals surface area contributed by atoms with E-state index in [0.29, 0.717) is 6.07 Å². The molecular weight excluding hydrogens is 326 g/mol. The van der Waals surface area contributed by atoms with E-state index in [9.17, 15) is 34.8 Å². The summed E-state index contributed by atoms with van der Waals surface area (Å²) in [6.07, 6.45) is -3.88. The van der Waals surface area contributed by atoms with Crippen molar-refractivity contribution in [2.45, 2.75) is 18.6 Å². The second-order valence-electron chi connectivity index (χ2n) is 3.86. The molecule has 0 amide bonds. The van der Waals surface area contributed by atoms with Gasteiger partial charge in [-0.3, -0.25) is 0 Å². The highest BCUT2D eigenvalue weighted by Crippen LogP contribution is 2.30. The first-order valence-corrected chi connectivity index (χ1v) is 6.60. The molecular formula is C11H8F6O3S. The van der Waals surface area contributed by atoms with Gasteiger partial charge in [0.1, 0.15) is 5.76 Å². The number of hydrogen-bond donors (Lipinski definition) is 0. The Morgan fingerprint density at radius 2 is 1.71 bits per heavy atom. The summed E-state index contributed by atoms with van der Waals surface area (Å²) in [4.78, 5) is 0. The quantitative estimate of drug-likeness (QED) is 0.364. The van der Waals surface area contributed by atoms with Crippen molar-refractivity contribution in [1.29, 1.82) is 0 Å². The zero-order valence-corrected chi connectivity index (χ0v) is 11.1. The molecule has 118 valence electrons. The number of benzene rings is 1. The lowest BCUT2D eigenvalue weighted by molar-refractivity contribution is -0.137. The topological polar surface area (TPSA) is 43.4 Å². The maximum atomic E-state index is 12.4. The Kier molecular flexibility index (Phi) is 4.61. The smallest absolute Gasteiger partial charge is 0.381 e. The average molecular weight is 334 g/mol. The van der Waals surface area contributed by atoms with Crippen molar-refractivity contribution in [2.24, 2.45) is 0 Å². The van der Waals surface area contributed by atoms with E-state index in [1.54, 1.807) is 0 Å². The van der Waals surface area contributed by atoms with Gasteiger partial charge in [-0.1, -0.05) is 12.1 Å². The van der Waals surface area contributed by atoms with Crippen LogP contribution in [0.2, 0.25) is 0 Å². The number of halogens is 6. The Bertz CT molecular complexity index is 643. The van der Waals surface area contributed by atoms with Crippen molar-refractivity contribution < 1.29 is 38.9 Å². The van der Waals surface area contributed by atoms with Crippen molar-refractivity contribution in [3.05, 3.63) is 41.2 Å². The maximum Gasteiger partial charge on any atom is 0.534 e. The Balaban J connectivity index is 3.04. The number of alkyl halides is 6. The van der Waals surface area contributed by atoms with Crippen molar-refractivity contribution in [3.8, 4) is 0 Å². The molecule has 0 saturated carbocycles. The van der Waals surface area contributed by atoms with Crippen LogP contribution in [0.3, 0.4) is 0 Å². The van der Waals surface area contributed by atoms with E-state index in [0.717, 1.165) is 31.2 Å². The molecule has 0 unspecified atom stereocenters. The molecule has 0 aliphatic carbocycles. The van der Waals surface area contributed by atoms with E-state index >= 15 is 0 Å². The minimum absolute atomic E-state index is 0.153. The van der Waals surface area contributed by atoms with Crippen LogP contribution < -0.4 is 0 Å². The van der Waals surface area contributed by atoms with Gasteiger partial charge in [-0.05, 0) is 30.7 Å². The summed E-state index contributed by atoms with van der Waals surface area (Å²) < 4.78 is 98.7. The van der Waals surface area contributed by atoms with Crippen LogP contribution >= 0.6 is 0 Å². The molecule has 0 fully saturated rings. The lowest BCUT2D eigenvalue weighted by atomic mass is 10.1. The highest BCUT2D eigenvalue weighted by atomic mass is 32.2. The minimum atomic E-state index is -5.85. The van der Waals surface area contributed by atoms with E-state index in [1.165, 1.54) is 0 Å². The second-order valence-corrected chi connectivity index (χ2v) is 5.40. The summed E-state index contributed by atoms with van der Waals surface area (Å²) in [7, 11) is -5.85. The molecule has 3 nitrogen and oxygen atoms in total. The van der Waals surface area contributed by atoms with Gasteiger partial charge in [0.15, 0.2) is 0 Å². The van der Waals surface area contributed by atoms with Crippen molar-refractivity contribution >= 4 is 16.2 Å². The first kappa shape index (κ1) is 17.3. The van der Waals surface area contributed by atoms with Gasteiger partial charge in [0.2, 0.25) is 0 Å². The molecule has 0 aliphatic rings. The summed E-state index contributed by atoms with van der Waals surface area (Å²) in [5.74, 6) is -0.716. The van der Waals surface area contributed by atoms with E-state index < -0.39 is 33.1 Å². The summed E-state index contributed by atoms with van der Waals surface area (Å²) in [6, 6.07) is 3.59. The monoisotopic (exact) mass is 334 g/mol. The second kappa shape index (κ2) is 5.58. The van der Waals surface area contributed by atoms with E-state index in [-0.39, 0.29) is 5.56 Å². The van der Waals surface area contributed by atoms with E-state index in [2.05, 4.69) is 4.18 Å². The zero-order chi connectivity index (χ0) is 16.5. The third-order valence-corrected chi connectivity index (χ3v) is 3.16. The van der Waals surface area contributed by atoms with Crippen molar-refractivity contribution in [1.82, 2.24) is 0 Å². The molecule has 1 aromatic rings. The van der Waals surface area contributed by atoms with Crippen molar-refractivity contribution in [2.75, 3.05) is 0 Å². The fourth-order valence-corrected chi connectivity index (χ4v) is 1.77. The van der Waals surface area contributed by atoms with Gasteiger partial charge in [0.05, 0.1) is 5.56 Å². The molecule has 0 heterocycles. The molecule has 0 saturated heterocycles. The molecule has 10 heteroatoms. The van der Waals surface area contributed by atoms with Crippen LogP contribution in [-0.2, 0) is 20.5 Å². The largest absolute Gasteiger partial charge is 0.534 e. The summed E-state index contributed by atoms with van der Waals surface area (Å²) in [5, 5.41) is 0. The van der Waals surface area contributed by atoms with Crippen molar-refractivity contribution in [3.63, 3.8) is 0 Å². The Morgan fingerprint density at radius 1 is 1.14 bits per heavy atom. The van der Waals surface area contributed by atoms with Gasteiger partial charge in [0, 0.05) is 0 Å². The fraction of sp³-hybridized carbons (Fsp3) is 0.273. The molecule has 0 N–H and O–H groups in total. The van der Waals surface area contributed by atoms with Crippen LogP contribution in [0.25, 0.3) is 6.08 Å². The standard InChI is InChI=1S/C11H8F6O3S/c1-7(20-21(18,19)11(15,16)17)5-8-3-2-4-9(6-8)10(12,13)14/h2-6H,1H3/b7-5+. The van der Waals surface area contributed by atoms with Crippen LogP contribution in [0.5, 0.6) is 0 Å². The van der Waals surface area contributed by atoms with Gasteiger partial charge in [-0.15, -0.1) is 0 Å². The Morgan fingerprint density at radius 3 is 2.19 bits per heavy atom. The third kappa shape index (κ3) is 4.66. The molecule has 0 spiro atoms. The SMILES string of the molecule is C/C(=C\c1cccc(C(F)(F)F)c1)OS(=O)(=O)C(F)(F)F. The van der Waals surface area contributed by atoms with Crippen LogP contribution in [0.15, 0.2) is 30.0 Å². The molecule has 0 aliphatic heterocycles. The summed E-state index contributed by atoms with van der Waals surface area (Å²) in [5.41, 5.74) is -6.79. The molecule has 1 aromatic carbocycles. The van der Waals surface area contributed by atoms with Gasteiger partial charge < -0.3 is 4.18 Å². The van der Waals surface area contributed by atoms with Crippen LogP contribution in [-0.4, -0.2) is 13.9 Å². The minimum Gasteiger partial charge on any atom is -0.381 e. The zero-order valence-electron chi connectivity index (χ0n) is 10.3. The normalized spacial score (nSPS) is 14.1. The molecule has 21 heavy (non-hydrogen) atoms. The van der Waals surface area contributed by atoms with E-state index in [4.69, 9.17) is 0 Å². The highest BCUT2D eigenvalue weighted by molar-refractivity contribution is 7.87. The Labute approximate surface area is 116 Å². The lowest BCUT2D eigenvalue weighted by Gasteiger charge is -2.10. The van der Waals surface area contributed by atoms with Gasteiger partial charge >= 0.3 is 21.8 Å². The van der Waals surface area contributed by atoms with Gasteiger partial charge in [-0.2, -0.15) is 34.8 Å². The summed E-state index contributed by atoms with van der Waals surface area (Å²) in [6.45, 7) is 0.879.